The lowest BCUT2D eigenvalue weighted by molar-refractivity contribution is 0.479. The van der Waals surface area contributed by atoms with Crippen molar-refractivity contribution in [2.24, 2.45) is 10.1 Å². The Morgan fingerprint density at radius 1 is 1.30 bits per heavy atom. The average Bonchev–Trinajstić information content (AvgIpc) is 2.30. The van der Waals surface area contributed by atoms with Gasteiger partial charge in [0.05, 0.1) is 5.69 Å². The number of phenolic OH excluding ortho intramolecular Hbond substituents is 1. The van der Waals surface area contributed by atoms with E-state index in [0.29, 0.717) is 10.8 Å². The number of aromatic hydroxyl groups is 1. The molecule has 0 aliphatic carbocycles. The van der Waals surface area contributed by atoms with E-state index in [1.165, 1.54) is 18.2 Å². The van der Waals surface area contributed by atoms with Crippen LogP contribution in [-0.4, -0.2) is 26.1 Å². The molecule has 7 nitrogen and oxygen atoms in total. The molecule has 2 radical (unpaired) electrons. The van der Waals surface area contributed by atoms with Gasteiger partial charge in [0.15, 0.2) is 0 Å². The number of nitrogens with two attached hydrogens (primary N) is 1. The number of phenols is 1. The van der Waals surface area contributed by atoms with Crippen LogP contribution >= 0.6 is 0 Å². The third-order valence-corrected chi connectivity index (χ3v) is 3.39. The van der Waals surface area contributed by atoms with Crippen molar-refractivity contribution in [2.75, 3.05) is 5.73 Å². The molecule has 4 N–H and O–H groups in total. The minimum Gasteiger partial charge on any atom is -0.507 e. The summed E-state index contributed by atoms with van der Waals surface area (Å²) in [7, 11) is 0.769. The summed E-state index contributed by atoms with van der Waals surface area (Å²) in [6, 6.07) is 5.84. The van der Waals surface area contributed by atoms with Gasteiger partial charge in [-0.15, -0.1) is 0 Å². The van der Waals surface area contributed by atoms with Gasteiger partial charge in [0.2, 0.25) is 0 Å². The number of benzene rings is 2. The zero-order valence-electron chi connectivity index (χ0n) is 10.2. The quantitative estimate of drug-likeness (QED) is 0.343. The van der Waals surface area contributed by atoms with E-state index in [9.17, 15) is 13.5 Å². The maximum Gasteiger partial charge on any atom is 0.293 e. The number of fused-ring (bicyclic) bond motifs is 1. The van der Waals surface area contributed by atoms with Gasteiger partial charge in [-0.2, -0.15) is 13.5 Å². The molecule has 0 spiro atoms. The summed E-state index contributed by atoms with van der Waals surface area (Å²) in [4.78, 5) is 0. The van der Waals surface area contributed by atoms with Crippen LogP contribution in [0.5, 0.6) is 5.75 Å². The van der Waals surface area contributed by atoms with Gasteiger partial charge in [0.1, 0.15) is 17.2 Å². The predicted molar refractivity (Wildman–Crippen MR) is 75.5 cm³/mol. The first-order chi connectivity index (χ1) is 9.31. The molecule has 0 aliphatic heterocycles. The van der Waals surface area contributed by atoms with E-state index < -0.39 is 15.9 Å². The summed E-state index contributed by atoms with van der Waals surface area (Å²) < 4.78 is 30.6. The lowest BCUT2D eigenvalue weighted by atomic mass is 10.0. The van der Waals surface area contributed by atoms with E-state index >= 15 is 0 Å². The van der Waals surface area contributed by atoms with Gasteiger partial charge in [0, 0.05) is 5.39 Å². The van der Waals surface area contributed by atoms with Crippen LogP contribution in [0, 0.1) is 0 Å². The van der Waals surface area contributed by atoms with Crippen LogP contribution in [0.25, 0.3) is 10.8 Å². The van der Waals surface area contributed by atoms with E-state index in [2.05, 4.69) is 10.1 Å². The fraction of sp³-hybridized carbons (Fsp3) is 0.0909. The fourth-order valence-electron chi connectivity index (χ4n) is 1.96. The van der Waals surface area contributed by atoms with Gasteiger partial charge in [-0.05, 0) is 29.1 Å². The molecule has 2 aromatic carbocycles. The molecule has 102 valence electrons. The van der Waals surface area contributed by atoms with Gasteiger partial charge in [0.25, 0.3) is 18.1 Å². The van der Waals surface area contributed by atoms with E-state index in [0.717, 1.165) is 0 Å². The number of nitrogen functional groups attached to an aromatic ring is 1. The molecule has 0 fully saturated rings. The highest BCUT2D eigenvalue weighted by Crippen LogP contribution is 2.37. The standard InChI is InChI=1S/C11H10BN3O4S/c12-15-14-8-2-1-7-3-6(5-20(17,18)19)4-9(16)10(7)11(8)13/h1-4,16H,5,13H2,(H,17,18,19). The molecule has 2 aromatic rings. The van der Waals surface area contributed by atoms with Crippen LogP contribution < -0.4 is 5.73 Å². The van der Waals surface area contributed by atoms with Gasteiger partial charge >= 0.3 is 0 Å². The summed E-state index contributed by atoms with van der Waals surface area (Å²) in [5, 5.41) is 17.5. The van der Waals surface area contributed by atoms with Crippen LogP contribution in [0.4, 0.5) is 11.4 Å². The Hall–Kier alpha value is -2.13. The lowest BCUT2D eigenvalue weighted by Gasteiger charge is -2.09. The smallest absolute Gasteiger partial charge is 0.293 e. The Balaban J connectivity index is 2.66. The third-order valence-electron chi connectivity index (χ3n) is 2.69. The highest BCUT2D eigenvalue weighted by Gasteiger charge is 2.13. The maximum atomic E-state index is 10.9. The average molecular weight is 291 g/mol. The predicted octanol–water partition coefficient (Wildman–Crippen LogP) is 1.68. The van der Waals surface area contributed by atoms with Crippen LogP contribution in [0.1, 0.15) is 5.56 Å². The fourth-order valence-corrected chi connectivity index (χ4v) is 2.55. The largest absolute Gasteiger partial charge is 0.507 e. The Labute approximate surface area is 116 Å². The van der Waals surface area contributed by atoms with Crippen molar-refractivity contribution >= 4 is 40.2 Å². The van der Waals surface area contributed by atoms with E-state index in [1.807, 2.05) is 0 Å². The highest BCUT2D eigenvalue weighted by atomic mass is 32.2. The Kier molecular flexibility index (Phi) is 3.64. The molecule has 0 aromatic heterocycles. The minimum atomic E-state index is -4.18. The summed E-state index contributed by atoms with van der Waals surface area (Å²) in [5.74, 6) is -0.812. The molecule has 20 heavy (non-hydrogen) atoms. The van der Waals surface area contributed by atoms with Crippen LogP contribution in [0.2, 0.25) is 0 Å². The number of rotatable bonds is 3. The first kappa shape index (κ1) is 14.3. The van der Waals surface area contributed by atoms with Crippen molar-refractivity contribution in [1.82, 2.24) is 0 Å². The molecule has 2 rings (SSSR count). The van der Waals surface area contributed by atoms with E-state index in [-0.39, 0.29) is 22.7 Å². The van der Waals surface area contributed by atoms with Crippen molar-refractivity contribution in [3.63, 3.8) is 0 Å². The van der Waals surface area contributed by atoms with Crippen molar-refractivity contribution < 1.29 is 18.1 Å². The highest BCUT2D eigenvalue weighted by molar-refractivity contribution is 7.85. The SMILES string of the molecule is [B]N=Nc1ccc2cc(CS(=O)(=O)O)cc(O)c2c1N. The minimum absolute atomic E-state index is 0.174. The molecule has 0 atom stereocenters. The van der Waals surface area contributed by atoms with Gasteiger partial charge < -0.3 is 10.8 Å². The van der Waals surface area contributed by atoms with Crippen LogP contribution in [0.15, 0.2) is 34.4 Å². The van der Waals surface area contributed by atoms with Crippen molar-refractivity contribution in [2.45, 2.75) is 5.75 Å². The first-order valence-electron chi connectivity index (χ1n) is 5.42. The molecule has 0 unspecified atom stereocenters. The molecule has 0 heterocycles. The molecular formula is C11H10BN3O4S. The Bertz CT molecular complexity index is 805. The Morgan fingerprint density at radius 2 is 2.00 bits per heavy atom. The molecule has 0 saturated heterocycles. The van der Waals surface area contributed by atoms with Crippen LogP contribution in [-0.2, 0) is 15.9 Å². The zero-order chi connectivity index (χ0) is 14.9. The van der Waals surface area contributed by atoms with E-state index in [4.69, 9.17) is 18.3 Å². The first-order valence-corrected chi connectivity index (χ1v) is 7.03. The van der Waals surface area contributed by atoms with Crippen molar-refractivity contribution in [3.05, 3.63) is 29.8 Å². The lowest BCUT2D eigenvalue weighted by Crippen LogP contribution is -2.01. The third kappa shape index (κ3) is 2.89. The number of nitrogens with zero attached hydrogens (tertiary/aromatic N) is 2. The second kappa shape index (κ2) is 5.10. The topological polar surface area (TPSA) is 125 Å². The second-order valence-corrected chi connectivity index (χ2v) is 5.61. The number of anilines is 1. The van der Waals surface area contributed by atoms with Gasteiger partial charge in [-0.25, -0.2) is 0 Å². The summed E-state index contributed by atoms with van der Waals surface area (Å²) in [6.07, 6.45) is 0. The molecular weight excluding hydrogens is 281 g/mol. The summed E-state index contributed by atoms with van der Waals surface area (Å²) in [6.45, 7) is 0. The van der Waals surface area contributed by atoms with Gasteiger partial charge in [-0.3, -0.25) is 9.58 Å². The molecule has 0 aliphatic rings. The normalized spacial score (nSPS) is 12.2. The molecule has 0 bridgehead atoms. The monoisotopic (exact) mass is 291 g/mol. The molecule has 9 heteroatoms. The summed E-state index contributed by atoms with van der Waals surface area (Å²) >= 11 is 0. The van der Waals surface area contributed by atoms with Crippen LogP contribution in [0.3, 0.4) is 0 Å². The number of hydrogen-bond donors (Lipinski definition) is 3. The second-order valence-electron chi connectivity index (χ2n) is 4.15. The van der Waals surface area contributed by atoms with Crippen molar-refractivity contribution in [1.29, 1.82) is 0 Å². The number of hydrogen-bond acceptors (Lipinski definition) is 6. The molecule has 0 saturated carbocycles. The zero-order valence-corrected chi connectivity index (χ0v) is 11.0. The Morgan fingerprint density at radius 3 is 2.60 bits per heavy atom. The van der Waals surface area contributed by atoms with Crippen molar-refractivity contribution in [3.8, 4) is 5.75 Å². The summed E-state index contributed by atoms with van der Waals surface area (Å²) in [5.41, 5.74) is 6.55. The molecule has 0 amide bonds. The maximum absolute atomic E-state index is 10.9. The van der Waals surface area contributed by atoms with Gasteiger partial charge in [-0.1, -0.05) is 6.07 Å². The van der Waals surface area contributed by atoms with E-state index in [1.54, 1.807) is 6.07 Å².